The van der Waals surface area contributed by atoms with Crippen LogP contribution in [0.4, 0.5) is 0 Å². The second kappa shape index (κ2) is 11.5. The summed E-state index contributed by atoms with van der Waals surface area (Å²) in [7, 11) is 0. The molecular weight excluding hydrogens is 143 g/mol. The molecule has 0 atom stereocenters. The molecule has 2 nitrogen and oxygen atoms in total. The predicted molar refractivity (Wildman–Crippen MR) is 52.9 cm³/mol. The Kier molecular flexibility index (Phi) is 17.6. The molecule has 3 heteroatoms. The third-order valence-electron chi connectivity index (χ3n) is 0.667. The molecule has 0 aliphatic carbocycles. The predicted octanol–water partition coefficient (Wildman–Crippen LogP) is -0.156. The van der Waals surface area contributed by atoms with Crippen molar-refractivity contribution < 1.29 is 18.9 Å². The molecule has 70 valence electrons. The van der Waals surface area contributed by atoms with Crippen molar-refractivity contribution in [2.45, 2.75) is 59.7 Å². The van der Waals surface area contributed by atoms with Crippen molar-refractivity contribution in [2.24, 2.45) is 0 Å². The minimum atomic E-state index is 0. The molecule has 0 heterocycles. The van der Waals surface area contributed by atoms with Gasteiger partial charge in [-0.1, -0.05) is 41.5 Å². The number of nitrogens with one attached hydrogen (secondary N) is 2. The number of rotatable bonds is 2. The Morgan fingerprint density at radius 2 is 1.00 bits per heavy atom. The Labute approximate surface area is 89.9 Å². The van der Waals surface area contributed by atoms with Crippen LogP contribution in [0.1, 0.15) is 41.5 Å². The molecule has 0 aromatic heterocycles. The van der Waals surface area contributed by atoms with Crippen molar-refractivity contribution in [1.82, 2.24) is 5.32 Å². The van der Waals surface area contributed by atoms with E-state index in [2.05, 4.69) is 33.0 Å². The number of hydrogen-bond donors (Lipinski definition) is 1. The molecule has 0 radical (unpaired) electrons. The monoisotopic (exact) mass is 166 g/mol. The zero-order valence-corrected chi connectivity index (χ0v) is 9.73. The van der Waals surface area contributed by atoms with Gasteiger partial charge in [-0.05, 0) is 0 Å². The fraction of sp³-hybridized carbons (Fsp3) is 1.00. The molecule has 0 saturated heterocycles. The zero-order chi connectivity index (χ0) is 9.44. The Morgan fingerprint density at radius 1 is 0.833 bits per heavy atom. The molecule has 0 saturated carbocycles. The molecule has 0 amide bonds. The van der Waals surface area contributed by atoms with Crippen LogP contribution in [-0.4, -0.2) is 18.1 Å². The van der Waals surface area contributed by atoms with E-state index >= 15 is 0 Å². The Morgan fingerprint density at radius 3 is 1.00 bits per heavy atom. The first-order valence-electron chi connectivity index (χ1n) is 4.33. The van der Waals surface area contributed by atoms with Crippen LogP contribution in [-0.2, 0) is 0 Å². The van der Waals surface area contributed by atoms with Crippen molar-refractivity contribution in [3.05, 3.63) is 5.73 Å². The smallest absolute Gasteiger partial charge is 0.675 e. The minimum absolute atomic E-state index is 0. The maximum absolute atomic E-state index is 6.58. The standard InChI is InChI=1S/C6H15N.C3H8N.Li/c1-5(2)7-6(3)4;1-3(2)4;/h5-7H,1-4H3;3-4H,1-2H3;/q;-1;+1. The summed E-state index contributed by atoms with van der Waals surface area (Å²) in [5.41, 5.74) is 6.58. The van der Waals surface area contributed by atoms with Gasteiger partial charge in [0.25, 0.3) is 0 Å². The van der Waals surface area contributed by atoms with Gasteiger partial charge in [0.05, 0.1) is 0 Å². The van der Waals surface area contributed by atoms with Gasteiger partial charge in [-0.25, -0.2) is 0 Å². The van der Waals surface area contributed by atoms with E-state index in [0.717, 1.165) is 0 Å². The SMILES string of the molecule is CC(C)NC(C)C.CC(C)[NH-].[Li+]. The van der Waals surface area contributed by atoms with E-state index in [-0.39, 0.29) is 24.9 Å². The van der Waals surface area contributed by atoms with Gasteiger partial charge in [0.15, 0.2) is 0 Å². The maximum Gasteiger partial charge on any atom is 1.00 e. The molecule has 0 bridgehead atoms. The van der Waals surface area contributed by atoms with Gasteiger partial charge < -0.3 is 11.1 Å². The number of hydrogen-bond acceptors (Lipinski definition) is 1. The fourth-order valence-corrected chi connectivity index (χ4v) is 0.667. The molecule has 0 aromatic rings. The summed E-state index contributed by atoms with van der Waals surface area (Å²) in [5, 5.41) is 3.31. The third-order valence-corrected chi connectivity index (χ3v) is 0.667. The van der Waals surface area contributed by atoms with Crippen LogP contribution in [0.5, 0.6) is 0 Å². The van der Waals surface area contributed by atoms with E-state index in [9.17, 15) is 0 Å². The van der Waals surface area contributed by atoms with Crippen LogP contribution in [0, 0.1) is 0 Å². The zero-order valence-electron chi connectivity index (χ0n) is 9.73. The molecular formula is C9H23LiN2. The molecule has 2 N–H and O–H groups in total. The van der Waals surface area contributed by atoms with E-state index in [0.29, 0.717) is 12.1 Å². The molecule has 0 unspecified atom stereocenters. The van der Waals surface area contributed by atoms with Crippen molar-refractivity contribution in [2.75, 3.05) is 0 Å². The fourth-order valence-electron chi connectivity index (χ4n) is 0.667. The van der Waals surface area contributed by atoms with Crippen LogP contribution < -0.4 is 24.2 Å². The normalized spacial score (nSPS) is 9.50. The van der Waals surface area contributed by atoms with E-state index in [1.165, 1.54) is 0 Å². The van der Waals surface area contributed by atoms with Crippen LogP contribution in [0.3, 0.4) is 0 Å². The first-order chi connectivity index (χ1) is 4.86. The average molecular weight is 166 g/mol. The van der Waals surface area contributed by atoms with Crippen molar-refractivity contribution in [1.29, 1.82) is 0 Å². The topological polar surface area (TPSA) is 35.8 Å². The molecule has 0 rings (SSSR count). The molecule has 0 fully saturated rings. The van der Waals surface area contributed by atoms with Gasteiger partial charge in [0.1, 0.15) is 0 Å². The van der Waals surface area contributed by atoms with Gasteiger partial charge in [-0.15, -0.1) is 6.04 Å². The van der Waals surface area contributed by atoms with Crippen LogP contribution >= 0.6 is 0 Å². The maximum atomic E-state index is 6.58. The summed E-state index contributed by atoms with van der Waals surface area (Å²) in [6.07, 6.45) is 0. The second-order valence-electron chi connectivity index (χ2n) is 3.63. The largest absolute Gasteiger partial charge is 1.00 e. The van der Waals surface area contributed by atoms with Crippen LogP contribution in [0.25, 0.3) is 5.73 Å². The van der Waals surface area contributed by atoms with E-state index in [1.807, 2.05) is 13.8 Å². The molecule has 0 aromatic carbocycles. The van der Waals surface area contributed by atoms with Gasteiger partial charge in [0.2, 0.25) is 0 Å². The van der Waals surface area contributed by atoms with Crippen molar-refractivity contribution >= 4 is 0 Å². The summed E-state index contributed by atoms with van der Waals surface area (Å²) in [6, 6.07) is 1.33. The van der Waals surface area contributed by atoms with Gasteiger partial charge >= 0.3 is 18.9 Å². The summed E-state index contributed by atoms with van der Waals surface area (Å²) in [4.78, 5) is 0. The Balaban J connectivity index is -0.000000142. The van der Waals surface area contributed by atoms with Gasteiger partial charge in [-0.3, -0.25) is 0 Å². The first kappa shape index (κ1) is 18.3. The first-order valence-corrected chi connectivity index (χ1v) is 4.33. The molecule has 0 aliphatic rings. The molecule has 0 aliphatic heterocycles. The van der Waals surface area contributed by atoms with Crippen molar-refractivity contribution in [3.8, 4) is 0 Å². The van der Waals surface area contributed by atoms with E-state index < -0.39 is 0 Å². The Bertz CT molecular complexity index is 64.2. The van der Waals surface area contributed by atoms with Crippen molar-refractivity contribution in [3.63, 3.8) is 0 Å². The third kappa shape index (κ3) is 46.7. The van der Waals surface area contributed by atoms with Gasteiger partial charge in [-0.2, -0.15) is 0 Å². The van der Waals surface area contributed by atoms with Crippen LogP contribution in [0.2, 0.25) is 0 Å². The quantitative estimate of drug-likeness (QED) is 0.569. The summed E-state index contributed by atoms with van der Waals surface area (Å²) >= 11 is 0. The summed E-state index contributed by atoms with van der Waals surface area (Å²) in [5.74, 6) is 0. The summed E-state index contributed by atoms with van der Waals surface area (Å²) in [6.45, 7) is 12.3. The second-order valence-corrected chi connectivity index (χ2v) is 3.63. The molecule has 0 spiro atoms. The van der Waals surface area contributed by atoms with E-state index in [4.69, 9.17) is 5.73 Å². The Hall–Kier alpha value is 0.517. The van der Waals surface area contributed by atoms with Crippen LogP contribution in [0.15, 0.2) is 0 Å². The molecule has 12 heavy (non-hydrogen) atoms. The minimum Gasteiger partial charge on any atom is -0.675 e. The summed E-state index contributed by atoms with van der Waals surface area (Å²) < 4.78 is 0. The van der Waals surface area contributed by atoms with Gasteiger partial charge in [0, 0.05) is 12.1 Å². The average Bonchev–Trinajstić information content (AvgIpc) is 1.56. The van der Waals surface area contributed by atoms with E-state index in [1.54, 1.807) is 0 Å².